The molecular weight excluding hydrogens is 260 g/mol. The monoisotopic (exact) mass is 278 g/mol. The molecule has 0 aliphatic heterocycles. The van der Waals surface area contributed by atoms with Gasteiger partial charge in [0.1, 0.15) is 5.01 Å². The first kappa shape index (κ1) is 13.4. The van der Waals surface area contributed by atoms with Gasteiger partial charge < -0.3 is 5.73 Å². The minimum absolute atomic E-state index is 0.694. The lowest BCUT2D eigenvalue weighted by Crippen LogP contribution is -1.93. The zero-order chi connectivity index (χ0) is 13.0. The molecule has 2 aromatic rings. The molecule has 1 aromatic heterocycles. The lowest BCUT2D eigenvalue weighted by Gasteiger charge is -2.05. The van der Waals surface area contributed by atoms with Crippen LogP contribution in [0.2, 0.25) is 0 Å². The lowest BCUT2D eigenvalue weighted by atomic mass is 10.1. The van der Waals surface area contributed by atoms with E-state index in [2.05, 4.69) is 24.2 Å². The number of hydrogen-bond donors (Lipinski definition) is 1. The standard InChI is InChI=1S/C14H18N2S2/c1-3-10(2)17-9-14-16-13(8-18-14)11-6-4-5-7-12(11)15/h4-8,10H,3,9,15H2,1-2H3. The molecule has 0 bridgehead atoms. The van der Waals surface area contributed by atoms with Gasteiger partial charge in [0.25, 0.3) is 0 Å². The number of para-hydroxylation sites is 1. The van der Waals surface area contributed by atoms with E-state index in [1.165, 1.54) is 11.4 Å². The molecule has 0 aliphatic carbocycles. The highest BCUT2D eigenvalue weighted by Gasteiger charge is 2.08. The van der Waals surface area contributed by atoms with Crippen molar-refractivity contribution < 1.29 is 0 Å². The van der Waals surface area contributed by atoms with E-state index in [1.807, 2.05) is 36.0 Å². The summed E-state index contributed by atoms with van der Waals surface area (Å²) in [5.74, 6) is 0.992. The smallest absolute Gasteiger partial charge is 0.103 e. The van der Waals surface area contributed by atoms with Crippen LogP contribution in [-0.4, -0.2) is 10.2 Å². The molecule has 1 aromatic carbocycles. The van der Waals surface area contributed by atoms with Gasteiger partial charge in [-0.25, -0.2) is 4.98 Å². The van der Waals surface area contributed by atoms with Gasteiger partial charge in [-0.3, -0.25) is 0 Å². The molecule has 1 heterocycles. The Morgan fingerprint density at radius 1 is 1.39 bits per heavy atom. The molecule has 0 saturated heterocycles. The summed E-state index contributed by atoms with van der Waals surface area (Å²) in [6, 6.07) is 7.89. The summed E-state index contributed by atoms with van der Waals surface area (Å²) in [5, 5.41) is 3.97. The lowest BCUT2D eigenvalue weighted by molar-refractivity contribution is 0.905. The molecule has 0 amide bonds. The van der Waals surface area contributed by atoms with Crippen molar-refractivity contribution in [3.63, 3.8) is 0 Å². The van der Waals surface area contributed by atoms with Crippen LogP contribution in [0.15, 0.2) is 29.6 Å². The second kappa shape index (κ2) is 6.25. The van der Waals surface area contributed by atoms with Gasteiger partial charge >= 0.3 is 0 Å². The van der Waals surface area contributed by atoms with E-state index >= 15 is 0 Å². The number of nitrogen functional groups attached to an aromatic ring is 1. The SMILES string of the molecule is CCC(C)SCc1nc(-c2ccccc2N)cs1. The van der Waals surface area contributed by atoms with Crippen LogP contribution in [0.3, 0.4) is 0 Å². The van der Waals surface area contributed by atoms with Crippen LogP contribution in [0.1, 0.15) is 25.3 Å². The molecule has 0 radical (unpaired) electrons. The normalized spacial score (nSPS) is 12.6. The average molecular weight is 278 g/mol. The Balaban J connectivity index is 2.09. The van der Waals surface area contributed by atoms with Crippen molar-refractivity contribution in [2.24, 2.45) is 0 Å². The minimum atomic E-state index is 0.694. The Kier molecular flexibility index (Phi) is 4.66. The molecule has 2 rings (SSSR count). The van der Waals surface area contributed by atoms with Gasteiger partial charge in [-0.1, -0.05) is 32.0 Å². The van der Waals surface area contributed by atoms with E-state index in [-0.39, 0.29) is 0 Å². The number of thiazole rings is 1. The van der Waals surface area contributed by atoms with Crippen LogP contribution in [0.25, 0.3) is 11.3 Å². The third-order valence-electron chi connectivity index (χ3n) is 2.85. The molecular formula is C14H18N2S2. The van der Waals surface area contributed by atoms with E-state index < -0.39 is 0 Å². The summed E-state index contributed by atoms with van der Waals surface area (Å²) in [6.45, 7) is 4.48. The molecule has 0 saturated carbocycles. The third kappa shape index (κ3) is 3.27. The molecule has 0 aliphatic rings. The van der Waals surface area contributed by atoms with E-state index in [9.17, 15) is 0 Å². The van der Waals surface area contributed by atoms with Crippen molar-refractivity contribution in [1.29, 1.82) is 0 Å². The number of anilines is 1. The second-order valence-corrected chi connectivity index (χ2v) is 6.61. The quantitative estimate of drug-likeness (QED) is 0.823. The molecule has 2 nitrogen and oxygen atoms in total. The van der Waals surface area contributed by atoms with Crippen molar-refractivity contribution in [3.8, 4) is 11.3 Å². The Labute approximate surface area is 117 Å². The predicted molar refractivity (Wildman–Crippen MR) is 83.0 cm³/mol. The van der Waals surface area contributed by atoms with Crippen LogP contribution in [0, 0.1) is 0 Å². The Morgan fingerprint density at radius 2 is 2.17 bits per heavy atom. The fourth-order valence-corrected chi connectivity index (χ4v) is 3.34. The largest absolute Gasteiger partial charge is 0.398 e. The second-order valence-electron chi connectivity index (χ2n) is 4.24. The molecule has 1 unspecified atom stereocenters. The first-order valence-electron chi connectivity index (χ1n) is 6.11. The average Bonchev–Trinajstić information content (AvgIpc) is 2.85. The van der Waals surface area contributed by atoms with E-state index in [1.54, 1.807) is 11.3 Å². The fourth-order valence-electron chi connectivity index (χ4n) is 1.56. The van der Waals surface area contributed by atoms with E-state index in [4.69, 9.17) is 5.73 Å². The number of nitrogens with zero attached hydrogens (tertiary/aromatic N) is 1. The molecule has 0 fully saturated rings. The highest BCUT2D eigenvalue weighted by Crippen LogP contribution is 2.29. The maximum absolute atomic E-state index is 5.96. The van der Waals surface area contributed by atoms with Crippen molar-refractivity contribution in [2.75, 3.05) is 5.73 Å². The Hall–Kier alpha value is -1.00. The Morgan fingerprint density at radius 3 is 2.89 bits per heavy atom. The van der Waals surface area contributed by atoms with Gasteiger partial charge in [0.05, 0.1) is 5.69 Å². The van der Waals surface area contributed by atoms with Crippen molar-refractivity contribution in [1.82, 2.24) is 4.98 Å². The number of aromatic nitrogens is 1. The fraction of sp³-hybridized carbons (Fsp3) is 0.357. The maximum Gasteiger partial charge on any atom is 0.103 e. The van der Waals surface area contributed by atoms with E-state index in [0.717, 1.165) is 22.7 Å². The van der Waals surface area contributed by atoms with Gasteiger partial charge in [-0.15, -0.1) is 11.3 Å². The van der Waals surface area contributed by atoms with Crippen LogP contribution in [-0.2, 0) is 5.75 Å². The number of rotatable bonds is 5. The molecule has 18 heavy (non-hydrogen) atoms. The Bertz CT molecular complexity index is 508. The number of nitrogens with two attached hydrogens (primary N) is 1. The van der Waals surface area contributed by atoms with Crippen LogP contribution < -0.4 is 5.73 Å². The van der Waals surface area contributed by atoms with Crippen molar-refractivity contribution >= 4 is 28.8 Å². The summed E-state index contributed by atoms with van der Waals surface area (Å²) in [5.41, 5.74) is 8.79. The van der Waals surface area contributed by atoms with Gasteiger partial charge in [-0.05, 0) is 12.5 Å². The van der Waals surface area contributed by atoms with Gasteiger partial charge in [0.15, 0.2) is 0 Å². The number of benzene rings is 1. The van der Waals surface area contributed by atoms with Crippen molar-refractivity contribution in [3.05, 3.63) is 34.7 Å². The zero-order valence-corrected chi connectivity index (χ0v) is 12.4. The highest BCUT2D eigenvalue weighted by molar-refractivity contribution is 7.99. The summed E-state index contributed by atoms with van der Waals surface area (Å²) < 4.78 is 0. The van der Waals surface area contributed by atoms with E-state index in [0.29, 0.717) is 5.25 Å². The van der Waals surface area contributed by atoms with Gasteiger partial charge in [0.2, 0.25) is 0 Å². The number of thioether (sulfide) groups is 1. The molecule has 1 atom stereocenters. The minimum Gasteiger partial charge on any atom is -0.398 e. The van der Waals surface area contributed by atoms with Gasteiger partial charge in [-0.2, -0.15) is 11.8 Å². The third-order valence-corrected chi connectivity index (χ3v) is 5.23. The summed E-state index contributed by atoms with van der Waals surface area (Å²) in [4.78, 5) is 4.67. The predicted octanol–water partition coefficient (Wildman–Crippen LogP) is 4.42. The number of hydrogen-bond acceptors (Lipinski definition) is 4. The van der Waals surface area contributed by atoms with Crippen LogP contribution >= 0.6 is 23.1 Å². The van der Waals surface area contributed by atoms with Gasteiger partial charge in [0, 0.05) is 27.6 Å². The maximum atomic E-state index is 5.96. The summed E-state index contributed by atoms with van der Waals surface area (Å²) in [6.07, 6.45) is 1.20. The van der Waals surface area contributed by atoms with Crippen LogP contribution in [0.5, 0.6) is 0 Å². The molecule has 96 valence electrons. The molecule has 4 heteroatoms. The van der Waals surface area contributed by atoms with Crippen LogP contribution in [0.4, 0.5) is 5.69 Å². The first-order chi connectivity index (χ1) is 8.70. The summed E-state index contributed by atoms with van der Waals surface area (Å²) >= 11 is 3.68. The topological polar surface area (TPSA) is 38.9 Å². The molecule has 2 N–H and O–H groups in total. The highest BCUT2D eigenvalue weighted by atomic mass is 32.2. The summed E-state index contributed by atoms with van der Waals surface area (Å²) in [7, 11) is 0. The van der Waals surface area contributed by atoms with Crippen molar-refractivity contribution in [2.45, 2.75) is 31.3 Å². The molecule has 0 spiro atoms. The first-order valence-corrected chi connectivity index (χ1v) is 8.04. The zero-order valence-electron chi connectivity index (χ0n) is 10.7.